The van der Waals surface area contributed by atoms with Crippen LogP contribution in [0.5, 0.6) is 0 Å². The molecule has 28 heavy (non-hydrogen) atoms. The maximum absolute atomic E-state index is 13.4. The fourth-order valence-electron chi connectivity index (χ4n) is 2.14. The zero-order chi connectivity index (χ0) is 21.3. The van der Waals surface area contributed by atoms with Crippen molar-refractivity contribution >= 4 is 29.3 Å². The second-order valence-electron chi connectivity index (χ2n) is 5.25. The summed E-state index contributed by atoms with van der Waals surface area (Å²) in [6, 6.07) is 0. The molecule has 0 amide bonds. The minimum absolute atomic E-state index is 0.102. The molecule has 160 valence electrons. The van der Waals surface area contributed by atoms with Crippen molar-refractivity contribution in [2.24, 2.45) is 0 Å². The zero-order valence-electron chi connectivity index (χ0n) is 13.4. The molecule has 2 unspecified atom stereocenters. The normalized spacial score (nSPS) is 24.6. The van der Waals surface area contributed by atoms with Crippen LogP contribution in [0.4, 0.5) is 10.2 Å². The number of phosphoric acid groups is 3. The molecule has 2 rings (SSSR count). The van der Waals surface area contributed by atoms with E-state index in [0.29, 0.717) is 0 Å². The number of aromatic nitrogens is 2. The van der Waals surface area contributed by atoms with Gasteiger partial charge in [0.1, 0.15) is 6.23 Å². The van der Waals surface area contributed by atoms with Gasteiger partial charge in [-0.1, -0.05) is 0 Å². The van der Waals surface area contributed by atoms with Crippen molar-refractivity contribution in [3.63, 3.8) is 0 Å². The molecule has 0 bridgehead atoms. The first kappa shape index (κ1) is 23.3. The molecule has 4 atom stereocenters. The lowest BCUT2D eigenvalue weighted by molar-refractivity contribution is -0.339. The van der Waals surface area contributed by atoms with Crippen LogP contribution in [0.15, 0.2) is 11.0 Å². The standard InChI is InChI=1S/C9H15FN3O12P3/c10-6-3-13(9(14)12-8(6)11)7-2-1-5(23-7)4-22-27(18,19)25-28(20,21)24-26(15,16)17/h3,5,7H,1-2,4H2,(H,18,19)(H,20,21)(H2,11,12,14)(H2,15,16,17)/p-4/t5-,7+/m0/s1. The van der Waals surface area contributed by atoms with Gasteiger partial charge in [-0.2, -0.15) is 4.98 Å². The molecule has 0 aromatic carbocycles. The maximum Gasteiger partial charge on any atom is 0.351 e. The van der Waals surface area contributed by atoms with Crippen LogP contribution in [0.3, 0.4) is 0 Å². The molecule has 0 radical (unpaired) electrons. The minimum Gasteiger partial charge on any atom is -0.790 e. The van der Waals surface area contributed by atoms with E-state index in [9.17, 15) is 42.5 Å². The number of nitrogens with zero attached hydrogens (tertiary/aromatic N) is 2. The molecule has 0 saturated carbocycles. The highest BCUT2D eigenvalue weighted by atomic mass is 31.3. The molecule has 15 nitrogen and oxygen atoms in total. The Labute approximate surface area is 155 Å². The average Bonchev–Trinajstić information content (AvgIpc) is 2.94. The van der Waals surface area contributed by atoms with Gasteiger partial charge in [-0.3, -0.25) is 18.0 Å². The number of nitrogens with two attached hydrogens (primary N) is 1. The van der Waals surface area contributed by atoms with Crippen LogP contribution in [0.2, 0.25) is 0 Å². The lowest BCUT2D eigenvalue weighted by Gasteiger charge is -2.37. The van der Waals surface area contributed by atoms with E-state index in [1.54, 1.807) is 0 Å². The van der Waals surface area contributed by atoms with Crippen molar-refractivity contribution in [3.8, 4) is 0 Å². The first-order valence-electron chi connectivity index (χ1n) is 7.08. The van der Waals surface area contributed by atoms with E-state index in [0.717, 1.165) is 10.8 Å². The van der Waals surface area contributed by atoms with Gasteiger partial charge in [0.25, 0.3) is 15.6 Å². The Kier molecular flexibility index (Phi) is 6.96. The molecule has 1 aliphatic heterocycles. The number of halogens is 1. The summed E-state index contributed by atoms with van der Waals surface area (Å²) >= 11 is 0. The highest BCUT2D eigenvalue weighted by Crippen LogP contribution is 2.60. The second-order valence-corrected chi connectivity index (χ2v) is 9.50. The Morgan fingerprint density at radius 1 is 1.21 bits per heavy atom. The lowest BCUT2D eigenvalue weighted by Crippen LogP contribution is -2.29. The Balaban J connectivity index is 1.95. The van der Waals surface area contributed by atoms with Crippen molar-refractivity contribution in [2.45, 2.75) is 25.2 Å². The summed E-state index contributed by atoms with van der Waals surface area (Å²) in [7, 11) is -17.8. The van der Waals surface area contributed by atoms with Gasteiger partial charge in [0, 0.05) is 0 Å². The van der Waals surface area contributed by atoms with Crippen LogP contribution in [0.1, 0.15) is 19.1 Å². The van der Waals surface area contributed by atoms with Crippen molar-refractivity contribution in [1.82, 2.24) is 9.55 Å². The third kappa shape index (κ3) is 6.79. The van der Waals surface area contributed by atoms with E-state index in [4.69, 9.17) is 10.5 Å². The zero-order valence-corrected chi connectivity index (χ0v) is 16.1. The number of phosphoric ester groups is 1. The number of ether oxygens (including phenoxy) is 1. The molecular weight excluding hydrogens is 454 g/mol. The number of hydrogen-bond donors (Lipinski definition) is 1. The summed E-state index contributed by atoms with van der Waals surface area (Å²) in [5.74, 6) is -1.60. The fourth-order valence-corrected chi connectivity index (χ4v) is 5.02. The fraction of sp³-hybridized carbons (Fsp3) is 0.556. The summed E-state index contributed by atoms with van der Waals surface area (Å²) in [5, 5.41) is 0. The van der Waals surface area contributed by atoms with E-state index >= 15 is 0 Å². The van der Waals surface area contributed by atoms with Gasteiger partial charge in [0.15, 0.2) is 11.6 Å². The quantitative estimate of drug-likeness (QED) is 0.389. The van der Waals surface area contributed by atoms with Gasteiger partial charge >= 0.3 is 5.69 Å². The summed E-state index contributed by atoms with van der Waals surface area (Å²) in [5.41, 5.74) is 4.22. The molecule has 2 heterocycles. The number of rotatable bonds is 8. The number of hydrogen-bond acceptors (Lipinski definition) is 14. The van der Waals surface area contributed by atoms with E-state index in [1.807, 2.05) is 0 Å². The van der Waals surface area contributed by atoms with Gasteiger partial charge in [-0.25, -0.2) is 13.5 Å². The van der Waals surface area contributed by atoms with E-state index < -0.39 is 59.7 Å². The van der Waals surface area contributed by atoms with Gasteiger partial charge in [-0.15, -0.1) is 0 Å². The van der Waals surface area contributed by atoms with Gasteiger partial charge in [-0.05, 0) is 12.8 Å². The Bertz CT molecular complexity index is 933. The summed E-state index contributed by atoms with van der Waals surface area (Å²) < 4.78 is 62.8. The average molecular weight is 465 g/mol. The highest BCUT2D eigenvalue weighted by molar-refractivity contribution is 7.64. The van der Waals surface area contributed by atoms with Crippen LogP contribution in [-0.2, 0) is 31.6 Å². The van der Waals surface area contributed by atoms with E-state index in [-0.39, 0.29) is 12.8 Å². The predicted molar refractivity (Wildman–Crippen MR) is 77.0 cm³/mol. The third-order valence-electron chi connectivity index (χ3n) is 3.15. The molecule has 19 heteroatoms. The first-order chi connectivity index (χ1) is 12.7. The van der Waals surface area contributed by atoms with Crippen LogP contribution in [0, 0.1) is 5.82 Å². The van der Waals surface area contributed by atoms with Gasteiger partial charge < -0.3 is 39.1 Å². The van der Waals surface area contributed by atoms with Crippen molar-refractivity contribution < 1.29 is 55.5 Å². The van der Waals surface area contributed by atoms with E-state index in [2.05, 4.69) is 18.1 Å². The Morgan fingerprint density at radius 3 is 2.46 bits per heavy atom. The molecule has 0 aliphatic carbocycles. The molecule has 1 fully saturated rings. The van der Waals surface area contributed by atoms with Crippen molar-refractivity contribution in [2.75, 3.05) is 12.3 Å². The largest absolute Gasteiger partial charge is 0.790 e. The SMILES string of the molecule is Nc1nc(=O)n([C@H]2CC[C@@H](COP(=O)([O-])OP(=O)([O-])OP(=O)([O-])[O-])O2)cc1F. The van der Waals surface area contributed by atoms with Gasteiger partial charge in [0.05, 0.1) is 26.7 Å². The predicted octanol–water partition coefficient (Wildman–Crippen LogP) is -2.54. The smallest absolute Gasteiger partial charge is 0.351 e. The molecule has 1 aliphatic rings. The summed E-state index contributed by atoms with van der Waals surface area (Å²) in [6.45, 7) is -0.802. The maximum atomic E-state index is 13.4. The molecule has 2 N–H and O–H groups in total. The summed E-state index contributed by atoms with van der Waals surface area (Å²) in [4.78, 5) is 57.8. The van der Waals surface area contributed by atoms with Gasteiger partial charge in [0.2, 0.25) is 0 Å². The lowest BCUT2D eigenvalue weighted by atomic mass is 10.2. The molecule has 0 spiro atoms. The van der Waals surface area contributed by atoms with E-state index in [1.165, 1.54) is 0 Å². The number of nitrogen functional groups attached to an aromatic ring is 1. The van der Waals surface area contributed by atoms with Crippen molar-refractivity contribution in [1.29, 1.82) is 0 Å². The summed E-state index contributed by atoms with van der Waals surface area (Å²) in [6.07, 6.45) is -1.07. The van der Waals surface area contributed by atoms with Crippen LogP contribution < -0.4 is 31.0 Å². The number of anilines is 1. The highest BCUT2D eigenvalue weighted by Gasteiger charge is 2.30. The Hall–Kier alpha value is -1.02. The van der Waals surface area contributed by atoms with Crippen molar-refractivity contribution in [3.05, 3.63) is 22.5 Å². The molecular formula is C9H11FN3O12P3-4. The van der Waals surface area contributed by atoms with Crippen LogP contribution >= 0.6 is 23.5 Å². The molecule has 1 aromatic rings. The second kappa shape index (κ2) is 8.38. The topological polar surface area (TPSA) is 241 Å². The Morgan fingerprint density at radius 2 is 1.86 bits per heavy atom. The monoisotopic (exact) mass is 465 g/mol. The minimum atomic E-state index is -6.09. The van der Waals surface area contributed by atoms with Crippen LogP contribution in [0.25, 0.3) is 0 Å². The molecule has 1 saturated heterocycles. The first-order valence-corrected chi connectivity index (χ1v) is 11.5. The van der Waals surface area contributed by atoms with Crippen LogP contribution in [-0.4, -0.2) is 22.3 Å². The molecule has 1 aromatic heterocycles. The third-order valence-corrected chi connectivity index (χ3v) is 6.81.